The number of rotatable bonds is 6. The standard InChI is InChI=1S/C7H16OSi/c1-2-3-4-5-6-7-8-9/h2H,1,3-7H2,9H3. The van der Waals surface area contributed by atoms with Crippen molar-refractivity contribution < 1.29 is 4.43 Å². The fourth-order valence-electron chi connectivity index (χ4n) is 0.712. The third-order valence-electron chi connectivity index (χ3n) is 1.26. The first kappa shape index (κ1) is 8.92. The van der Waals surface area contributed by atoms with E-state index in [0.717, 1.165) is 23.5 Å². The molecule has 0 aromatic carbocycles. The zero-order valence-corrected chi connectivity index (χ0v) is 8.23. The van der Waals surface area contributed by atoms with Crippen LogP contribution in [0.2, 0.25) is 0 Å². The lowest BCUT2D eigenvalue weighted by Gasteiger charge is -1.96. The quantitative estimate of drug-likeness (QED) is 0.307. The first-order valence-corrected chi connectivity index (χ1v) is 4.33. The smallest absolute Gasteiger partial charge is 0.145 e. The van der Waals surface area contributed by atoms with E-state index < -0.39 is 0 Å². The molecule has 0 bridgehead atoms. The molecule has 0 unspecified atom stereocenters. The molecule has 0 N–H and O–H groups in total. The van der Waals surface area contributed by atoms with Crippen molar-refractivity contribution in [2.75, 3.05) is 6.61 Å². The second-order valence-corrected chi connectivity index (χ2v) is 2.71. The van der Waals surface area contributed by atoms with Crippen molar-refractivity contribution in [1.82, 2.24) is 0 Å². The predicted octanol–water partition coefficient (Wildman–Crippen LogP) is 1.03. The molecule has 0 aliphatic rings. The van der Waals surface area contributed by atoms with Crippen LogP contribution in [0.25, 0.3) is 0 Å². The summed E-state index contributed by atoms with van der Waals surface area (Å²) in [4.78, 5) is 0. The van der Waals surface area contributed by atoms with Gasteiger partial charge in [-0.15, -0.1) is 6.58 Å². The van der Waals surface area contributed by atoms with E-state index in [1.165, 1.54) is 19.3 Å². The lowest BCUT2D eigenvalue weighted by Crippen LogP contribution is -1.88. The van der Waals surface area contributed by atoms with Crippen molar-refractivity contribution in [3.05, 3.63) is 12.7 Å². The minimum Gasteiger partial charge on any atom is -0.428 e. The van der Waals surface area contributed by atoms with E-state index >= 15 is 0 Å². The van der Waals surface area contributed by atoms with Gasteiger partial charge in [0.25, 0.3) is 0 Å². The van der Waals surface area contributed by atoms with E-state index in [2.05, 4.69) is 6.58 Å². The summed E-state index contributed by atoms with van der Waals surface area (Å²) in [6, 6.07) is 0. The Balaban J connectivity index is 2.66. The Morgan fingerprint density at radius 3 is 2.67 bits per heavy atom. The molecule has 0 spiro atoms. The molecule has 54 valence electrons. The van der Waals surface area contributed by atoms with E-state index in [-0.39, 0.29) is 0 Å². The first-order chi connectivity index (χ1) is 4.41. The molecular weight excluding hydrogens is 128 g/mol. The van der Waals surface area contributed by atoms with Gasteiger partial charge in [-0.3, -0.25) is 0 Å². The number of hydrogen-bond acceptors (Lipinski definition) is 1. The SMILES string of the molecule is C=CCCCCCO[SiH3]. The van der Waals surface area contributed by atoms with E-state index in [4.69, 9.17) is 4.43 Å². The molecule has 9 heavy (non-hydrogen) atoms. The minimum absolute atomic E-state index is 0.888. The average Bonchev–Trinajstić information content (AvgIpc) is 1.89. The molecule has 2 heteroatoms. The van der Waals surface area contributed by atoms with Crippen LogP contribution in [0.3, 0.4) is 0 Å². The summed E-state index contributed by atoms with van der Waals surface area (Å²) in [5.41, 5.74) is 0. The lowest BCUT2D eigenvalue weighted by atomic mass is 10.2. The summed E-state index contributed by atoms with van der Waals surface area (Å²) in [7, 11) is 0.888. The van der Waals surface area contributed by atoms with Crippen molar-refractivity contribution in [1.29, 1.82) is 0 Å². The first-order valence-electron chi connectivity index (χ1n) is 3.51. The Hall–Kier alpha value is -0.0831. The fourth-order valence-corrected chi connectivity index (χ4v) is 1.00. The van der Waals surface area contributed by atoms with Crippen LogP contribution in [0.5, 0.6) is 0 Å². The van der Waals surface area contributed by atoms with Crippen molar-refractivity contribution in [3.8, 4) is 0 Å². The van der Waals surface area contributed by atoms with Crippen LogP contribution in [0, 0.1) is 0 Å². The van der Waals surface area contributed by atoms with Gasteiger partial charge in [0.2, 0.25) is 0 Å². The number of hydrogen-bond donors (Lipinski definition) is 0. The Kier molecular flexibility index (Phi) is 7.84. The highest BCUT2D eigenvalue weighted by Crippen LogP contribution is 1.98. The third kappa shape index (κ3) is 7.92. The normalized spacial score (nSPS) is 9.78. The van der Waals surface area contributed by atoms with Crippen molar-refractivity contribution in [2.45, 2.75) is 25.7 Å². The summed E-state index contributed by atoms with van der Waals surface area (Å²) < 4.78 is 5.04. The lowest BCUT2D eigenvalue weighted by molar-refractivity contribution is 0.334. The molecule has 0 heterocycles. The number of unbranched alkanes of at least 4 members (excludes halogenated alkanes) is 3. The summed E-state index contributed by atoms with van der Waals surface area (Å²) in [6.07, 6.45) is 6.91. The van der Waals surface area contributed by atoms with Gasteiger partial charge < -0.3 is 4.43 Å². The molecular formula is C7H16OSi. The average molecular weight is 144 g/mol. The van der Waals surface area contributed by atoms with Gasteiger partial charge in [0.05, 0.1) is 0 Å². The van der Waals surface area contributed by atoms with Crippen molar-refractivity contribution in [3.63, 3.8) is 0 Å². The highest BCUT2D eigenvalue weighted by Gasteiger charge is 1.84. The van der Waals surface area contributed by atoms with Gasteiger partial charge in [-0.05, 0) is 19.3 Å². The van der Waals surface area contributed by atoms with Crippen LogP contribution in [0.1, 0.15) is 25.7 Å². The zero-order valence-electron chi connectivity index (χ0n) is 6.23. The molecule has 0 amide bonds. The van der Waals surface area contributed by atoms with Crippen LogP contribution in [0.15, 0.2) is 12.7 Å². The van der Waals surface area contributed by atoms with Crippen LogP contribution in [0.4, 0.5) is 0 Å². The Labute approximate surface area is 60.6 Å². The maximum atomic E-state index is 5.04. The monoisotopic (exact) mass is 144 g/mol. The predicted molar refractivity (Wildman–Crippen MR) is 44.6 cm³/mol. The van der Waals surface area contributed by atoms with Gasteiger partial charge in [-0.2, -0.15) is 0 Å². The molecule has 0 atom stereocenters. The topological polar surface area (TPSA) is 9.23 Å². The van der Waals surface area contributed by atoms with Crippen molar-refractivity contribution in [2.24, 2.45) is 0 Å². The maximum Gasteiger partial charge on any atom is 0.145 e. The van der Waals surface area contributed by atoms with Gasteiger partial charge in [-0.1, -0.05) is 12.5 Å². The minimum atomic E-state index is 0.888. The molecule has 0 aliphatic heterocycles. The van der Waals surface area contributed by atoms with Gasteiger partial charge in [0.1, 0.15) is 10.5 Å². The highest BCUT2D eigenvalue weighted by molar-refractivity contribution is 5.97. The van der Waals surface area contributed by atoms with Crippen LogP contribution in [-0.4, -0.2) is 17.1 Å². The third-order valence-corrected chi connectivity index (χ3v) is 1.66. The molecule has 0 saturated carbocycles. The Bertz CT molecular complexity index is 63.9. The molecule has 0 rings (SSSR count). The van der Waals surface area contributed by atoms with Gasteiger partial charge in [-0.25, -0.2) is 0 Å². The Morgan fingerprint density at radius 1 is 1.33 bits per heavy atom. The second kappa shape index (κ2) is 7.92. The summed E-state index contributed by atoms with van der Waals surface area (Å²) >= 11 is 0. The van der Waals surface area contributed by atoms with Crippen LogP contribution in [-0.2, 0) is 4.43 Å². The number of allylic oxidation sites excluding steroid dienone is 1. The summed E-state index contributed by atoms with van der Waals surface area (Å²) in [6.45, 7) is 4.62. The van der Waals surface area contributed by atoms with Gasteiger partial charge in [0.15, 0.2) is 0 Å². The van der Waals surface area contributed by atoms with E-state index in [0.29, 0.717) is 0 Å². The summed E-state index contributed by atoms with van der Waals surface area (Å²) in [5.74, 6) is 0. The zero-order chi connectivity index (χ0) is 6.95. The Morgan fingerprint density at radius 2 is 2.11 bits per heavy atom. The highest BCUT2D eigenvalue weighted by atomic mass is 28.2. The van der Waals surface area contributed by atoms with Crippen molar-refractivity contribution >= 4 is 10.5 Å². The molecule has 0 radical (unpaired) electrons. The maximum absolute atomic E-state index is 5.04. The summed E-state index contributed by atoms with van der Waals surface area (Å²) in [5, 5.41) is 0. The van der Waals surface area contributed by atoms with Crippen LogP contribution < -0.4 is 0 Å². The van der Waals surface area contributed by atoms with Gasteiger partial charge in [0, 0.05) is 6.61 Å². The van der Waals surface area contributed by atoms with E-state index in [1.807, 2.05) is 6.08 Å². The molecule has 0 aliphatic carbocycles. The molecule has 0 aromatic rings. The second-order valence-electron chi connectivity index (χ2n) is 2.13. The molecule has 0 saturated heterocycles. The van der Waals surface area contributed by atoms with E-state index in [1.54, 1.807) is 0 Å². The largest absolute Gasteiger partial charge is 0.428 e. The molecule has 1 nitrogen and oxygen atoms in total. The molecule has 0 aromatic heterocycles. The fraction of sp³-hybridized carbons (Fsp3) is 0.714. The van der Waals surface area contributed by atoms with Crippen LogP contribution >= 0.6 is 0 Å². The van der Waals surface area contributed by atoms with Gasteiger partial charge >= 0.3 is 0 Å². The van der Waals surface area contributed by atoms with E-state index in [9.17, 15) is 0 Å². The molecule has 0 fully saturated rings.